The molecule has 2 atom stereocenters. The third-order valence-corrected chi connectivity index (χ3v) is 7.64. The van der Waals surface area contributed by atoms with Gasteiger partial charge in [-0.2, -0.15) is 0 Å². The normalized spacial score (nSPS) is 24.3. The predicted octanol–water partition coefficient (Wildman–Crippen LogP) is 2.38. The summed E-state index contributed by atoms with van der Waals surface area (Å²) in [6, 6.07) is 16.4. The minimum absolute atomic E-state index is 0. The molecule has 8 heteroatoms. The SMILES string of the molecule is Cl.O=C(O)CN1CCN(C2c3ccccc3S(=O)(=O)C2c2ccccc2)CC1. The summed E-state index contributed by atoms with van der Waals surface area (Å²) < 4.78 is 26.7. The average Bonchev–Trinajstić information content (AvgIpc) is 2.90. The molecule has 1 saturated heterocycles. The molecule has 0 spiro atoms. The first kappa shape index (κ1) is 20.8. The molecular weight excluding hydrogens is 400 g/mol. The van der Waals surface area contributed by atoms with Crippen molar-refractivity contribution in [1.29, 1.82) is 0 Å². The Labute approximate surface area is 171 Å². The van der Waals surface area contributed by atoms with E-state index in [9.17, 15) is 13.2 Å². The van der Waals surface area contributed by atoms with Crippen molar-refractivity contribution in [3.05, 3.63) is 65.7 Å². The van der Waals surface area contributed by atoms with Crippen LogP contribution in [-0.4, -0.2) is 62.0 Å². The van der Waals surface area contributed by atoms with Gasteiger partial charge in [0.05, 0.1) is 17.5 Å². The number of sulfone groups is 1. The summed E-state index contributed by atoms with van der Waals surface area (Å²) in [6.07, 6.45) is 0. The van der Waals surface area contributed by atoms with E-state index in [1.54, 1.807) is 12.1 Å². The standard InChI is InChI=1S/C20H22N2O4S.ClH/c23-18(24)14-21-10-12-22(13-11-21)19-16-8-4-5-9-17(16)27(25,26)20(19)15-6-2-1-3-7-15;/h1-9,19-20H,10-14H2,(H,23,24);1H. The summed E-state index contributed by atoms with van der Waals surface area (Å²) in [4.78, 5) is 15.5. The maximum atomic E-state index is 13.3. The van der Waals surface area contributed by atoms with Gasteiger partial charge in [0.15, 0.2) is 9.84 Å². The van der Waals surface area contributed by atoms with Crippen LogP contribution in [0.15, 0.2) is 59.5 Å². The first-order chi connectivity index (χ1) is 13.0. The van der Waals surface area contributed by atoms with Crippen molar-refractivity contribution < 1.29 is 18.3 Å². The lowest BCUT2D eigenvalue weighted by Gasteiger charge is -2.39. The molecule has 6 nitrogen and oxygen atoms in total. The van der Waals surface area contributed by atoms with Crippen LogP contribution in [0.4, 0.5) is 0 Å². The second-order valence-electron chi connectivity index (χ2n) is 7.06. The molecule has 2 unspecified atom stereocenters. The Morgan fingerprint density at radius 1 is 0.964 bits per heavy atom. The number of carbonyl (C=O) groups is 1. The third kappa shape index (κ3) is 3.67. The number of aliphatic carboxylic acids is 1. The van der Waals surface area contributed by atoms with Gasteiger partial charge in [-0.25, -0.2) is 8.42 Å². The number of carboxylic acid groups (broad SMARTS) is 1. The number of hydrogen-bond donors (Lipinski definition) is 1. The third-order valence-electron chi connectivity index (χ3n) is 5.45. The average molecular weight is 423 g/mol. The van der Waals surface area contributed by atoms with Gasteiger partial charge in [0.25, 0.3) is 0 Å². The Balaban J connectivity index is 0.00000225. The molecule has 0 amide bonds. The molecule has 2 aliphatic rings. The number of nitrogens with zero attached hydrogens (tertiary/aromatic N) is 2. The highest BCUT2D eigenvalue weighted by atomic mass is 35.5. The highest BCUT2D eigenvalue weighted by Gasteiger charge is 2.48. The van der Waals surface area contributed by atoms with E-state index in [-0.39, 0.29) is 25.0 Å². The molecular formula is C20H23ClN2O4S. The van der Waals surface area contributed by atoms with Crippen molar-refractivity contribution in [2.45, 2.75) is 16.2 Å². The fraction of sp³-hybridized carbons (Fsp3) is 0.350. The van der Waals surface area contributed by atoms with Crippen molar-refractivity contribution in [3.63, 3.8) is 0 Å². The number of rotatable bonds is 4. The van der Waals surface area contributed by atoms with Gasteiger partial charge in [-0.15, -0.1) is 12.4 Å². The molecule has 4 rings (SSSR count). The maximum Gasteiger partial charge on any atom is 0.317 e. The molecule has 150 valence electrons. The molecule has 0 saturated carbocycles. The summed E-state index contributed by atoms with van der Waals surface area (Å²) in [5.41, 5.74) is 1.64. The molecule has 2 heterocycles. The number of halogens is 1. The van der Waals surface area contributed by atoms with E-state index in [0.29, 0.717) is 31.1 Å². The topological polar surface area (TPSA) is 77.9 Å². The van der Waals surface area contributed by atoms with Gasteiger partial charge < -0.3 is 5.11 Å². The van der Waals surface area contributed by atoms with Gasteiger partial charge in [-0.1, -0.05) is 48.5 Å². The number of benzene rings is 2. The highest BCUT2D eigenvalue weighted by Crippen LogP contribution is 2.51. The van der Waals surface area contributed by atoms with Gasteiger partial charge in [0, 0.05) is 26.2 Å². The minimum Gasteiger partial charge on any atom is -0.480 e. The second-order valence-corrected chi connectivity index (χ2v) is 9.10. The van der Waals surface area contributed by atoms with E-state index in [0.717, 1.165) is 11.1 Å². The quantitative estimate of drug-likeness (QED) is 0.815. The fourth-order valence-electron chi connectivity index (χ4n) is 4.24. The molecule has 0 aliphatic carbocycles. The van der Waals surface area contributed by atoms with Gasteiger partial charge in [-0.05, 0) is 17.2 Å². The summed E-state index contributed by atoms with van der Waals surface area (Å²) >= 11 is 0. The van der Waals surface area contributed by atoms with E-state index in [1.807, 2.05) is 47.4 Å². The summed E-state index contributed by atoms with van der Waals surface area (Å²) in [5, 5.41) is 8.36. The summed E-state index contributed by atoms with van der Waals surface area (Å²) in [5.74, 6) is -0.834. The van der Waals surface area contributed by atoms with Crippen LogP contribution in [0, 0.1) is 0 Å². The van der Waals surface area contributed by atoms with Crippen molar-refractivity contribution in [2.24, 2.45) is 0 Å². The number of carboxylic acids is 1. The van der Waals surface area contributed by atoms with Crippen LogP contribution in [0.1, 0.15) is 22.4 Å². The maximum absolute atomic E-state index is 13.3. The Hall–Kier alpha value is -1.93. The van der Waals surface area contributed by atoms with Crippen molar-refractivity contribution in [2.75, 3.05) is 32.7 Å². The molecule has 1 N–H and O–H groups in total. The lowest BCUT2D eigenvalue weighted by Crippen LogP contribution is -2.49. The Kier molecular flexibility index (Phi) is 6.09. The number of fused-ring (bicyclic) bond motifs is 1. The van der Waals surface area contributed by atoms with Crippen LogP contribution < -0.4 is 0 Å². The zero-order chi connectivity index (χ0) is 19.0. The summed E-state index contributed by atoms with van der Waals surface area (Å²) in [7, 11) is -3.48. The zero-order valence-corrected chi connectivity index (χ0v) is 16.9. The Bertz CT molecular complexity index is 944. The fourth-order valence-corrected chi connectivity index (χ4v) is 6.47. The molecule has 2 aliphatic heterocycles. The van der Waals surface area contributed by atoms with E-state index >= 15 is 0 Å². The largest absolute Gasteiger partial charge is 0.480 e. The van der Waals surface area contributed by atoms with Gasteiger partial charge in [0.2, 0.25) is 0 Å². The monoisotopic (exact) mass is 422 g/mol. The van der Waals surface area contributed by atoms with Crippen LogP contribution in [0.3, 0.4) is 0 Å². The molecule has 0 bridgehead atoms. The van der Waals surface area contributed by atoms with Crippen molar-refractivity contribution in [3.8, 4) is 0 Å². The molecule has 0 radical (unpaired) electrons. The van der Waals surface area contributed by atoms with Crippen LogP contribution in [-0.2, 0) is 14.6 Å². The molecule has 2 aromatic carbocycles. The first-order valence-electron chi connectivity index (χ1n) is 9.04. The minimum atomic E-state index is -3.48. The van der Waals surface area contributed by atoms with Crippen LogP contribution in [0.2, 0.25) is 0 Å². The molecule has 0 aromatic heterocycles. The summed E-state index contributed by atoms with van der Waals surface area (Å²) in [6.45, 7) is 2.55. The predicted molar refractivity (Wildman–Crippen MR) is 108 cm³/mol. The number of hydrogen-bond acceptors (Lipinski definition) is 5. The second kappa shape index (κ2) is 8.21. The lowest BCUT2D eigenvalue weighted by molar-refractivity contribution is -0.138. The molecule has 28 heavy (non-hydrogen) atoms. The van der Waals surface area contributed by atoms with Gasteiger partial charge in [-0.3, -0.25) is 14.6 Å². The van der Waals surface area contributed by atoms with Crippen LogP contribution in [0.25, 0.3) is 0 Å². The van der Waals surface area contributed by atoms with Gasteiger partial charge in [0.1, 0.15) is 5.25 Å². The van der Waals surface area contributed by atoms with E-state index in [4.69, 9.17) is 5.11 Å². The van der Waals surface area contributed by atoms with E-state index < -0.39 is 21.1 Å². The van der Waals surface area contributed by atoms with E-state index in [1.165, 1.54) is 0 Å². The molecule has 2 aromatic rings. The number of piperazine rings is 1. The lowest BCUT2D eigenvalue weighted by atomic mass is 9.96. The highest BCUT2D eigenvalue weighted by molar-refractivity contribution is 7.92. The smallest absolute Gasteiger partial charge is 0.317 e. The van der Waals surface area contributed by atoms with Crippen LogP contribution >= 0.6 is 12.4 Å². The van der Waals surface area contributed by atoms with Crippen molar-refractivity contribution >= 4 is 28.2 Å². The van der Waals surface area contributed by atoms with Crippen LogP contribution in [0.5, 0.6) is 0 Å². The Morgan fingerprint density at radius 3 is 2.21 bits per heavy atom. The molecule has 1 fully saturated rings. The Morgan fingerprint density at radius 2 is 1.57 bits per heavy atom. The zero-order valence-electron chi connectivity index (χ0n) is 15.3. The van der Waals surface area contributed by atoms with Gasteiger partial charge >= 0.3 is 5.97 Å². The first-order valence-corrected chi connectivity index (χ1v) is 10.6. The van der Waals surface area contributed by atoms with Crippen molar-refractivity contribution in [1.82, 2.24) is 9.80 Å². The van der Waals surface area contributed by atoms with E-state index in [2.05, 4.69) is 4.90 Å².